The monoisotopic (exact) mass is 352 g/mol. The number of ether oxygens (including phenoxy) is 2. The molecule has 0 aromatic carbocycles. The fraction of sp³-hybridized carbons (Fsp3) is 0.706. The molecule has 0 unspecified atom stereocenters. The average molecular weight is 352 g/mol. The van der Waals surface area contributed by atoms with Gasteiger partial charge in [0.1, 0.15) is 0 Å². The van der Waals surface area contributed by atoms with Gasteiger partial charge in [0.05, 0.1) is 25.3 Å². The largest absolute Gasteiger partial charge is 0.479 e. The maximum Gasteiger partial charge on any atom is 0.255 e. The highest BCUT2D eigenvalue weighted by Gasteiger charge is 2.46. The summed E-state index contributed by atoms with van der Waals surface area (Å²) in [5.41, 5.74) is -0.334. The summed E-state index contributed by atoms with van der Waals surface area (Å²) in [7, 11) is 3.03. The minimum Gasteiger partial charge on any atom is -0.479 e. The number of methoxy groups -OCH3 is 2. The van der Waals surface area contributed by atoms with Gasteiger partial charge in [0, 0.05) is 33.3 Å². The van der Waals surface area contributed by atoms with E-state index >= 15 is 0 Å². The molecule has 1 amide bonds. The Morgan fingerprint density at radius 2 is 2.04 bits per heavy atom. The second kappa shape index (κ2) is 7.51. The Morgan fingerprint density at radius 1 is 1.24 bits per heavy atom. The first-order chi connectivity index (χ1) is 12.1. The number of rotatable bonds is 5. The first-order valence-electron chi connectivity index (χ1n) is 8.69. The molecule has 1 aromatic heterocycles. The normalized spacial score (nSPS) is 20.0. The van der Waals surface area contributed by atoms with Crippen LogP contribution in [-0.4, -0.2) is 67.8 Å². The second-order valence-corrected chi connectivity index (χ2v) is 6.73. The van der Waals surface area contributed by atoms with Crippen LogP contribution in [0.1, 0.15) is 25.7 Å². The molecule has 1 aliphatic heterocycles. The molecule has 0 N–H and O–H groups in total. The molecule has 2 heterocycles. The van der Waals surface area contributed by atoms with Gasteiger partial charge in [-0.1, -0.05) is 6.42 Å². The predicted octanol–water partition coefficient (Wildman–Crippen LogP) is 1.48. The van der Waals surface area contributed by atoms with Crippen molar-refractivity contribution in [1.82, 2.24) is 14.9 Å². The van der Waals surface area contributed by atoms with Crippen molar-refractivity contribution in [2.75, 3.05) is 51.9 Å². The summed E-state index contributed by atoms with van der Waals surface area (Å²) in [5, 5.41) is 0. The highest BCUT2D eigenvalue weighted by molar-refractivity contribution is 5.84. The fourth-order valence-electron chi connectivity index (χ4n) is 3.59. The summed E-state index contributed by atoms with van der Waals surface area (Å²) in [4.78, 5) is 25.1. The van der Waals surface area contributed by atoms with Gasteiger partial charge in [-0.05, 0) is 19.3 Å². The lowest BCUT2D eigenvalue weighted by Gasteiger charge is -2.42. The number of carbonyl (C=O) groups is 1. The van der Waals surface area contributed by atoms with Crippen LogP contribution in [0.5, 0.6) is 5.88 Å². The van der Waals surface area contributed by atoms with Gasteiger partial charge in [-0.2, -0.15) is 9.37 Å². The predicted molar refractivity (Wildman–Crippen MR) is 90.1 cm³/mol. The maximum atomic E-state index is 13.5. The third kappa shape index (κ3) is 3.53. The lowest BCUT2D eigenvalue weighted by atomic mass is 9.68. The highest BCUT2D eigenvalue weighted by atomic mass is 19.1. The Kier molecular flexibility index (Phi) is 5.36. The molecule has 3 rings (SSSR count). The smallest absolute Gasteiger partial charge is 0.255 e. The fourth-order valence-corrected chi connectivity index (χ4v) is 3.59. The Labute approximate surface area is 147 Å². The molecule has 1 saturated carbocycles. The Hall–Kier alpha value is -1.96. The van der Waals surface area contributed by atoms with Crippen molar-refractivity contribution >= 4 is 11.9 Å². The van der Waals surface area contributed by atoms with Crippen LogP contribution in [0.25, 0.3) is 0 Å². The zero-order valence-corrected chi connectivity index (χ0v) is 14.8. The molecule has 1 saturated heterocycles. The maximum absolute atomic E-state index is 13.5. The third-order valence-electron chi connectivity index (χ3n) is 5.14. The van der Waals surface area contributed by atoms with Crippen LogP contribution in [-0.2, 0) is 9.53 Å². The van der Waals surface area contributed by atoms with Crippen molar-refractivity contribution in [2.24, 2.45) is 5.41 Å². The van der Waals surface area contributed by atoms with E-state index in [1.165, 1.54) is 7.11 Å². The summed E-state index contributed by atoms with van der Waals surface area (Å²) < 4.78 is 23.7. The van der Waals surface area contributed by atoms with Crippen LogP contribution in [0.15, 0.2) is 6.20 Å². The van der Waals surface area contributed by atoms with E-state index in [0.717, 1.165) is 38.4 Å². The van der Waals surface area contributed by atoms with Gasteiger partial charge < -0.3 is 19.3 Å². The summed E-state index contributed by atoms with van der Waals surface area (Å²) in [6, 6.07) is 0. The van der Waals surface area contributed by atoms with E-state index in [1.54, 1.807) is 7.11 Å². The molecule has 2 aliphatic rings. The van der Waals surface area contributed by atoms with Gasteiger partial charge in [0.15, 0.2) is 0 Å². The average Bonchev–Trinajstić information content (AvgIpc) is 2.84. The quantitative estimate of drug-likeness (QED) is 0.800. The summed E-state index contributed by atoms with van der Waals surface area (Å²) >= 11 is 0. The Bertz CT molecular complexity index is 624. The van der Waals surface area contributed by atoms with E-state index in [4.69, 9.17) is 9.47 Å². The number of nitrogens with zero attached hydrogens (tertiary/aromatic N) is 4. The van der Waals surface area contributed by atoms with E-state index in [-0.39, 0.29) is 17.2 Å². The van der Waals surface area contributed by atoms with Crippen molar-refractivity contribution in [3.63, 3.8) is 0 Å². The highest BCUT2D eigenvalue weighted by Crippen LogP contribution is 2.42. The van der Waals surface area contributed by atoms with Gasteiger partial charge in [0.25, 0.3) is 5.88 Å². The molecule has 25 heavy (non-hydrogen) atoms. The molecule has 7 nitrogen and oxygen atoms in total. The van der Waals surface area contributed by atoms with E-state index in [9.17, 15) is 9.18 Å². The molecule has 0 spiro atoms. The number of amides is 1. The topological polar surface area (TPSA) is 67.8 Å². The minimum absolute atomic E-state index is 0.0595. The van der Waals surface area contributed by atoms with Crippen LogP contribution in [0.2, 0.25) is 0 Å². The van der Waals surface area contributed by atoms with E-state index < -0.39 is 5.82 Å². The first kappa shape index (κ1) is 17.8. The molecular formula is C17H25FN4O3. The molecular weight excluding hydrogens is 327 g/mol. The standard InChI is InChI=1S/C17H25FN4O3/c1-24-12-17(5-3-6-17)15(23)21-7-4-8-22(10-9-21)16-19-11-13(18)14(20-16)25-2/h11H,3-10,12H2,1-2H3. The van der Waals surface area contributed by atoms with E-state index in [2.05, 4.69) is 9.97 Å². The van der Waals surface area contributed by atoms with E-state index in [1.807, 2.05) is 9.80 Å². The number of aromatic nitrogens is 2. The lowest BCUT2D eigenvalue weighted by Crippen LogP contribution is -2.51. The zero-order chi connectivity index (χ0) is 17.9. The van der Waals surface area contributed by atoms with Crippen molar-refractivity contribution in [1.29, 1.82) is 0 Å². The van der Waals surface area contributed by atoms with Crippen LogP contribution >= 0.6 is 0 Å². The van der Waals surface area contributed by atoms with Crippen molar-refractivity contribution < 1.29 is 18.7 Å². The molecule has 1 aromatic rings. The number of hydrogen-bond donors (Lipinski definition) is 0. The number of hydrogen-bond acceptors (Lipinski definition) is 6. The van der Waals surface area contributed by atoms with Crippen molar-refractivity contribution in [3.8, 4) is 5.88 Å². The third-order valence-corrected chi connectivity index (χ3v) is 5.14. The molecule has 0 radical (unpaired) electrons. The van der Waals surface area contributed by atoms with E-state index in [0.29, 0.717) is 32.2 Å². The SMILES string of the molecule is COCC1(C(=O)N2CCCN(c3ncc(F)c(OC)n3)CC2)CCC1. The first-order valence-corrected chi connectivity index (χ1v) is 8.69. The molecule has 138 valence electrons. The van der Waals surface area contributed by atoms with Crippen molar-refractivity contribution in [3.05, 3.63) is 12.0 Å². The summed E-state index contributed by atoms with van der Waals surface area (Å²) in [6.45, 7) is 3.14. The molecule has 0 atom stereocenters. The van der Waals surface area contributed by atoms with Gasteiger partial charge in [-0.3, -0.25) is 4.79 Å². The number of halogens is 1. The zero-order valence-electron chi connectivity index (χ0n) is 14.8. The Morgan fingerprint density at radius 3 is 2.68 bits per heavy atom. The van der Waals surface area contributed by atoms with Crippen LogP contribution in [0.3, 0.4) is 0 Å². The molecule has 8 heteroatoms. The van der Waals surface area contributed by atoms with Crippen LogP contribution in [0.4, 0.5) is 10.3 Å². The summed E-state index contributed by atoms with van der Waals surface area (Å²) in [5.74, 6) is -0.0112. The second-order valence-electron chi connectivity index (χ2n) is 6.73. The minimum atomic E-state index is -0.579. The van der Waals surface area contributed by atoms with Crippen LogP contribution < -0.4 is 9.64 Å². The van der Waals surface area contributed by atoms with Crippen molar-refractivity contribution in [2.45, 2.75) is 25.7 Å². The molecule has 0 bridgehead atoms. The Balaban J connectivity index is 1.67. The number of carbonyl (C=O) groups excluding carboxylic acids is 1. The van der Waals surface area contributed by atoms with Gasteiger partial charge >= 0.3 is 0 Å². The molecule has 1 aliphatic carbocycles. The van der Waals surface area contributed by atoms with Gasteiger partial charge in [-0.25, -0.2) is 4.98 Å². The number of anilines is 1. The molecule has 2 fully saturated rings. The summed E-state index contributed by atoms with van der Waals surface area (Å²) in [6.07, 6.45) is 4.82. The van der Waals surface area contributed by atoms with Crippen LogP contribution in [0, 0.1) is 11.2 Å². The lowest BCUT2D eigenvalue weighted by molar-refractivity contribution is -0.151. The van der Waals surface area contributed by atoms with Gasteiger partial charge in [0.2, 0.25) is 17.7 Å². The van der Waals surface area contributed by atoms with Gasteiger partial charge in [-0.15, -0.1) is 0 Å².